The summed E-state index contributed by atoms with van der Waals surface area (Å²) in [6, 6.07) is 0. The van der Waals surface area contributed by atoms with Gasteiger partial charge >= 0.3 is 0 Å². The van der Waals surface area contributed by atoms with E-state index in [1.54, 1.807) is 6.08 Å². The topological polar surface area (TPSA) is 17.1 Å². The average molecular weight is 261 g/mol. The van der Waals surface area contributed by atoms with Gasteiger partial charge in [0.05, 0.1) is 0 Å². The van der Waals surface area contributed by atoms with Crippen LogP contribution in [-0.4, -0.2) is 13.5 Å². The third-order valence-electron chi connectivity index (χ3n) is 3.55. The fraction of sp³-hybridized carbons (Fsp3) is 0.769. The smallest absolute Gasteiger partial charge is 0.137 e. The first-order chi connectivity index (χ1) is 7.13. The number of rotatable bonds is 5. The molecule has 0 atom stereocenters. The quantitative estimate of drug-likeness (QED) is 0.507. The largest absolute Gasteiger partial charge is 0.301 e. The van der Waals surface area contributed by atoms with Gasteiger partial charge in [0.2, 0.25) is 0 Å². The van der Waals surface area contributed by atoms with E-state index in [1.807, 2.05) is 0 Å². The van der Waals surface area contributed by atoms with E-state index in [0.717, 1.165) is 24.3 Å². The molecule has 0 unspecified atom stereocenters. The number of halogens is 1. The Hall–Kier alpha value is -0.0831. The van der Waals surface area contributed by atoms with Crippen molar-refractivity contribution in [2.75, 3.05) is 0 Å². The minimum Gasteiger partial charge on any atom is -0.301 e. The SMILES string of the molecule is CCCC/C(Cl)=C\C(=O)[Si](C)(C)C(C)(C)C. The molecule has 16 heavy (non-hydrogen) atoms. The second-order valence-corrected chi connectivity index (χ2v) is 11.7. The zero-order chi connectivity index (χ0) is 13.0. The van der Waals surface area contributed by atoms with Crippen molar-refractivity contribution in [1.29, 1.82) is 0 Å². The van der Waals surface area contributed by atoms with Crippen LogP contribution in [-0.2, 0) is 4.79 Å². The van der Waals surface area contributed by atoms with Crippen molar-refractivity contribution in [2.45, 2.75) is 65.1 Å². The third-order valence-corrected chi connectivity index (χ3v) is 8.97. The Morgan fingerprint density at radius 3 is 2.19 bits per heavy atom. The van der Waals surface area contributed by atoms with Gasteiger partial charge in [0, 0.05) is 5.03 Å². The first-order valence-corrected chi connectivity index (χ1v) is 9.41. The van der Waals surface area contributed by atoms with Crippen LogP contribution in [0.1, 0.15) is 47.0 Å². The molecule has 0 aliphatic rings. The highest BCUT2D eigenvalue weighted by Crippen LogP contribution is 2.37. The van der Waals surface area contributed by atoms with Crippen LogP contribution in [0.25, 0.3) is 0 Å². The third kappa shape index (κ3) is 4.42. The maximum Gasteiger partial charge on any atom is 0.137 e. The molecule has 0 aliphatic heterocycles. The number of hydrogen-bond acceptors (Lipinski definition) is 1. The van der Waals surface area contributed by atoms with Crippen molar-refractivity contribution in [2.24, 2.45) is 0 Å². The summed E-state index contributed by atoms with van der Waals surface area (Å²) in [5.41, 5.74) is 0. The highest BCUT2D eigenvalue weighted by Gasteiger charge is 2.40. The molecule has 0 aromatic rings. The summed E-state index contributed by atoms with van der Waals surface area (Å²) in [6.45, 7) is 12.8. The lowest BCUT2D eigenvalue weighted by atomic mass is 10.2. The molecular formula is C13H25ClOSi. The van der Waals surface area contributed by atoms with Crippen molar-refractivity contribution in [1.82, 2.24) is 0 Å². The van der Waals surface area contributed by atoms with E-state index in [0.29, 0.717) is 0 Å². The Kier molecular flexibility index (Phi) is 5.98. The molecule has 3 heteroatoms. The van der Waals surface area contributed by atoms with Gasteiger partial charge in [0.25, 0.3) is 0 Å². The van der Waals surface area contributed by atoms with E-state index in [9.17, 15) is 4.79 Å². The van der Waals surface area contributed by atoms with Crippen molar-refractivity contribution in [3.63, 3.8) is 0 Å². The number of hydrogen-bond donors (Lipinski definition) is 0. The number of allylic oxidation sites excluding steroid dienone is 2. The monoisotopic (exact) mass is 260 g/mol. The summed E-state index contributed by atoms with van der Waals surface area (Å²) in [6.07, 6.45) is 4.67. The second kappa shape index (κ2) is 6.01. The van der Waals surface area contributed by atoms with Gasteiger partial charge in [-0.1, -0.05) is 58.8 Å². The second-order valence-electron chi connectivity index (χ2n) is 5.93. The maximum absolute atomic E-state index is 12.2. The molecule has 0 saturated heterocycles. The Morgan fingerprint density at radius 2 is 1.81 bits per heavy atom. The van der Waals surface area contributed by atoms with Gasteiger partial charge in [-0.25, -0.2) is 0 Å². The van der Waals surface area contributed by atoms with Crippen molar-refractivity contribution >= 4 is 25.1 Å². The molecule has 0 radical (unpaired) electrons. The number of carbonyl (C=O) groups is 1. The summed E-state index contributed by atoms with van der Waals surface area (Å²) in [5, 5.41) is 1.07. The van der Waals surface area contributed by atoms with Crippen LogP contribution in [0.2, 0.25) is 18.1 Å². The Bertz CT molecular complexity index is 274. The molecule has 0 aromatic carbocycles. The van der Waals surface area contributed by atoms with Crippen LogP contribution in [0.5, 0.6) is 0 Å². The summed E-state index contributed by atoms with van der Waals surface area (Å²) in [7, 11) is -1.91. The van der Waals surface area contributed by atoms with E-state index >= 15 is 0 Å². The van der Waals surface area contributed by atoms with E-state index < -0.39 is 8.07 Å². The summed E-state index contributed by atoms with van der Waals surface area (Å²) in [5.74, 6) is 0. The van der Waals surface area contributed by atoms with Gasteiger partial charge in [-0.2, -0.15) is 0 Å². The zero-order valence-corrected chi connectivity index (χ0v) is 13.2. The molecule has 0 aromatic heterocycles. The van der Waals surface area contributed by atoms with Gasteiger partial charge in [0.15, 0.2) is 0 Å². The predicted octanol–water partition coefficient (Wildman–Crippen LogP) is 4.92. The fourth-order valence-electron chi connectivity index (χ4n) is 1.11. The molecule has 0 amide bonds. The first kappa shape index (κ1) is 15.9. The molecule has 0 fully saturated rings. The molecule has 0 heterocycles. The molecule has 0 rings (SSSR count). The van der Waals surface area contributed by atoms with Crippen LogP contribution in [0.4, 0.5) is 0 Å². The summed E-state index contributed by atoms with van der Waals surface area (Å²) < 4.78 is 0. The molecule has 0 aliphatic carbocycles. The number of carbonyl (C=O) groups excluding carboxylic acids is 1. The zero-order valence-electron chi connectivity index (χ0n) is 11.5. The van der Waals surface area contributed by atoms with Crippen LogP contribution < -0.4 is 0 Å². The van der Waals surface area contributed by atoms with Crippen molar-refractivity contribution < 1.29 is 4.79 Å². The molecule has 0 spiro atoms. The molecule has 0 N–H and O–H groups in total. The average Bonchev–Trinajstić information content (AvgIpc) is 2.12. The van der Waals surface area contributed by atoms with E-state index in [1.165, 1.54) is 0 Å². The maximum atomic E-state index is 12.2. The Morgan fingerprint density at radius 1 is 1.31 bits per heavy atom. The van der Waals surface area contributed by atoms with E-state index in [2.05, 4.69) is 40.8 Å². The van der Waals surface area contributed by atoms with E-state index in [4.69, 9.17) is 11.6 Å². The fourth-order valence-corrected chi connectivity index (χ4v) is 2.71. The minimum atomic E-state index is -1.91. The molecule has 0 bridgehead atoms. The Balaban J connectivity index is 4.69. The van der Waals surface area contributed by atoms with E-state index in [-0.39, 0.29) is 10.4 Å². The molecule has 1 nitrogen and oxygen atoms in total. The van der Waals surface area contributed by atoms with Gasteiger partial charge in [-0.15, -0.1) is 0 Å². The van der Waals surface area contributed by atoms with Gasteiger partial charge in [-0.3, -0.25) is 0 Å². The van der Waals surface area contributed by atoms with Crippen molar-refractivity contribution in [3.05, 3.63) is 11.1 Å². The molecule has 94 valence electrons. The van der Waals surface area contributed by atoms with Gasteiger partial charge < -0.3 is 4.79 Å². The summed E-state index contributed by atoms with van der Waals surface area (Å²) >= 11 is 6.07. The van der Waals surface area contributed by atoms with Gasteiger partial charge in [0.1, 0.15) is 13.5 Å². The summed E-state index contributed by atoms with van der Waals surface area (Å²) in [4.78, 5) is 12.2. The van der Waals surface area contributed by atoms with Crippen LogP contribution >= 0.6 is 11.6 Å². The minimum absolute atomic E-state index is 0.0858. The van der Waals surface area contributed by atoms with Crippen LogP contribution in [0.3, 0.4) is 0 Å². The Labute approximate surface area is 106 Å². The molecule has 0 saturated carbocycles. The van der Waals surface area contributed by atoms with Crippen molar-refractivity contribution in [3.8, 4) is 0 Å². The lowest BCUT2D eigenvalue weighted by molar-refractivity contribution is -0.108. The van der Waals surface area contributed by atoms with Crippen LogP contribution in [0.15, 0.2) is 11.1 Å². The van der Waals surface area contributed by atoms with Crippen LogP contribution in [0, 0.1) is 0 Å². The first-order valence-electron chi connectivity index (χ1n) is 6.03. The lowest BCUT2D eigenvalue weighted by Crippen LogP contribution is -2.45. The standard InChI is InChI=1S/C13H25ClOSi/c1-7-8-9-11(14)10-12(15)16(5,6)13(2,3)4/h10H,7-9H2,1-6H3/b11-10+. The molecular weight excluding hydrogens is 236 g/mol. The highest BCUT2D eigenvalue weighted by molar-refractivity contribution is 7.07. The number of unbranched alkanes of at least 4 members (excludes halogenated alkanes) is 1. The normalized spacial score (nSPS) is 14.1. The highest BCUT2D eigenvalue weighted by atomic mass is 35.5. The predicted molar refractivity (Wildman–Crippen MR) is 75.7 cm³/mol. The lowest BCUT2D eigenvalue weighted by Gasteiger charge is -2.34. The van der Waals surface area contributed by atoms with Gasteiger partial charge in [-0.05, 0) is 24.0 Å².